The van der Waals surface area contributed by atoms with E-state index in [9.17, 15) is 4.79 Å². The summed E-state index contributed by atoms with van der Waals surface area (Å²) in [7, 11) is 0. The summed E-state index contributed by atoms with van der Waals surface area (Å²) in [4.78, 5) is 11.9. The molecule has 3 nitrogen and oxygen atoms in total. The fourth-order valence-electron chi connectivity index (χ4n) is 3.39. The van der Waals surface area contributed by atoms with E-state index in [0.717, 1.165) is 51.0 Å². The molecule has 0 aromatic carbocycles. The second-order valence-corrected chi connectivity index (χ2v) is 7.41. The van der Waals surface area contributed by atoms with Crippen LogP contribution in [0, 0.1) is 11.3 Å². The highest BCUT2D eigenvalue weighted by atomic mass is 16.1. The highest BCUT2D eigenvalue weighted by Crippen LogP contribution is 2.40. The number of unbranched alkanes of at least 4 members (excludes halogenated alkanes) is 3. The van der Waals surface area contributed by atoms with Gasteiger partial charge < -0.3 is 11.1 Å². The molecule has 0 aliphatic heterocycles. The molecule has 0 aromatic rings. The Hall–Kier alpha value is -0.570. The van der Waals surface area contributed by atoms with Crippen LogP contribution in [0.25, 0.3) is 0 Å². The van der Waals surface area contributed by atoms with E-state index in [4.69, 9.17) is 5.73 Å². The molecule has 3 heteroatoms. The second kappa shape index (κ2) is 9.45. The molecule has 1 rings (SSSR count). The predicted molar refractivity (Wildman–Crippen MR) is 90.1 cm³/mol. The molecule has 21 heavy (non-hydrogen) atoms. The average molecular weight is 296 g/mol. The van der Waals surface area contributed by atoms with Crippen LogP contribution in [-0.4, -0.2) is 18.5 Å². The van der Waals surface area contributed by atoms with Crippen LogP contribution in [0.5, 0.6) is 0 Å². The Morgan fingerprint density at radius 1 is 1.10 bits per heavy atom. The SMILES string of the molecule is CCC(C)(C)C1CCC(NC(=O)CCCCCCN)CC1. The molecular weight excluding hydrogens is 260 g/mol. The summed E-state index contributed by atoms with van der Waals surface area (Å²) >= 11 is 0. The molecular formula is C18H36N2O. The Morgan fingerprint density at radius 3 is 2.29 bits per heavy atom. The number of carbonyl (C=O) groups is 1. The summed E-state index contributed by atoms with van der Waals surface area (Å²) < 4.78 is 0. The van der Waals surface area contributed by atoms with Gasteiger partial charge in [0, 0.05) is 12.5 Å². The topological polar surface area (TPSA) is 55.1 Å². The number of nitrogens with one attached hydrogen (secondary N) is 1. The van der Waals surface area contributed by atoms with Crippen LogP contribution < -0.4 is 11.1 Å². The van der Waals surface area contributed by atoms with Crippen LogP contribution in [0.3, 0.4) is 0 Å². The number of nitrogens with two attached hydrogens (primary N) is 1. The van der Waals surface area contributed by atoms with Crippen LogP contribution in [0.15, 0.2) is 0 Å². The van der Waals surface area contributed by atoms with Crippen molar-refractivity contribution < 1.29 is 4.79 Å². The number of amides is 1. The number of carbonyl (C=O) groups excluding carboxylic acids is 1. The molecule has 0 aromatic heterocycles. The Labute approximate surface area is 131 Å². The van der Waals surface area contributed by atoms with E-state index < -0.39 is 0 Å². The standard InChI is InChI=1S/C18H36N2O/c1-4-18(2,3)15-10-12-16(13-11-15)20-17(21)9-7-5-6-8-14-19/h15-16H,4-14,19H2,1-3H3,(H,20,21). The molecule has 0 atom stereocenters. The minimum atomic E-state index is 0.251. The third-order valence-corrected chi connectivity index (χ3v) is 5.47. The Balaban J connectivity index is 2.16. The minimum absolute atomic E-state index is 0.251. The molecule has 1 amide bonds. The predicted octanol–water partition coefficient (Wildman–Crippen LogP) is 4.01. The molecule has 0 unspecified atom stereocenters. The molecule has 1 saturated carbocycles. The zero-order valence-electron chi connectivity index (χ0n) is 14.4. The Bertz CT molecular complexity index is 294. The highest BCUT2D eigenvalue weighted by Gasteiger charge is 2.31. The lowest BCUT2D eigenvalue weighted by Gasteiger charge is -2.39. The quantitative estimate of drug-likeness (QED) is 0.632. The lowest BCUT2D eigenvalue weighted by Crippen LogP contribution is -2.39. The normalized spacial score (nSPS) is 23.0. The molecule has 0 heterocycles. The van der Waals surface area contributed by atoms with E-state index >= 15 is 0 Å². The van der Waals surface area contributed by atoms with Crippen LogP contribution >= 0.6 is 0 Å². The Morgan fingerprint density at radius 2 is 1.71 bits per heavy atom. The van der Waals surface area contributed by atoms with E-state index in [0.29, 0.717) is 17.9 Å². The monoisotopic (exact) mass is 296 g/mol. The second-order valence-electron chi connectivity index (χ2n) is 7.41. The van der Waals surface area contributed by atoms with E-state index in [1.165, 1.54) is 19.3 Å². The van der Waals surface area contributed by atoms with Crippen molar-refractivity contribution in [2.24, 2.45) is 17.1 Å². The first-order valence-corrected chi connectivity index (χ1v) is 8.99. The molecule has 0 saturated heterocycles. The van der Waals surface area contributed by atoms with Gasteiger partial charge in [0.25, 0.3) is 0 Å². The van der Waals surface area contributed by atoms with Crippen molar-refractivity contribution in [2.75, 3.05) is 6.54 Å². The maximum atomic E-state index is 11.9. The lowest BCUT2D eigenvalue weighted by molar-refractivity contribution is -0.122. The summed E-state index contributed by atoms with van der Waals surface area (Å²) in [6.45, 7) is 7.83. The fraction of sp³-hybridized carbons (Fsp3) is 0.944. The van der Waals surface area contributed by atoms with Crippen molar-refractivity contribution in [3.05, 3.63) is 0 Å². The van der Waals surface area contributed by atoms with Crippen molar-refractivity contribution in [1.29, 1.82) is 0 Å². The van der Waals surface area contributed by atoms with Gasteiger partial charge in [-0.15, -0.1) is 0 Å². The number of hydrogen-bond donors (Lipinski definition) is 2. The highest BCUT2D eigenvalue weighted by molar-refractivity contribution is 5.76. The van der Waals surface area contributed by atoms with Gasteiger partial charge in [-0.05, 0) is 56.4 Å². The molecule has 0 bridgehead atoms. The van der Waals surface area contributed by atoms with E-state index in [1.54, 1.807) is 0 Å². The molecule has 124 valence electrons. The zero-order chi connectivity index (χ0) is 15.7. The third-order valence-electron chi connectivity index (χ3n) is 5.47. The lowest BCUT2D eigenvalue weighted by atomic mass is 9.69. The van der Waals surface area contributed by atoms with E-state index in [1.807, 2.05) is 0 Å². The summed E-state index contributed by atoms with van der Waals surface area (Å²) in [5.41, 5.74) is 5.92. The van der Waals surface area contributed by atoms with Gasteiger partial charge in [0.1, 0.15) is 0 Å². The van der Waals surface area contributed by atoms with Crippen LogP contribution in [-0.2, 0) is 4.79 Å². The smallest absolute Gasteiger partial charge is 0.220 e. The molecule has 1 aliphatic carbocycles. The maximum absolute atomic E-state index is 11.9. The number of hydrogen-bond acceptors (Lipinski definition) is 2. The van der Waals surface area contributed by atoms with Gasteiger partial charge in [0.15, 0.2) is 0 Å². The van der Waals surface area contributed by atoms with E-state index in [2.05, 4.69) is 26.1 Å². The summed E-state index contributed by atoms with van der Waals surface area (Å²) in [6, 6.07) is 0.422. The van der Waals surface area contributed by atoms with Gasteiger partial charge in [-0.25, -0.2) is 0 Å². The van der Waals surface area contributed by atoms with Crippen molar-refractivity contribution in [2.45, 2.75) is 91.0 Å². The maximum Gasteiger partial charge on any atom is 0.220 e. The van der Waals surface area contributed by atoms with Crippen LogP contribution in [0.2, 0.25) is 0 Å². The first-order chi connectivity index (χ1) is 9.99. The van der Waals surface area contributed by atoms with Gasteiger partial charge in [-0.3, -0.25) is 4.79 Å². The van der Waals surface area contributed by atoms with Gasteiger partial charge in [-0.1, -0.05) is 40.0 Å². The van der Waals surface area contributed by atoms with Crippen molar-refractivity contribution in [3.63, 3.8) is 0 Å². The van der Waals surface area contributed by atoms with Gasteiger partial charge in [-0.2, -0.15) is 0 Å². The molecule has 0 radical (unpaired) electrons. The first kappa shape index (κ1) is 18.5. The molecule has 1 fully saturated rings. The molecule has 0 spiro atoms. The van der Waals surface area contributed by atoms with Gasteiger partial charge in [0.05, 0.1) is 0 Å². The molecule has 3 N–H and O–H groups in total. The van der Waals surface area contributed by atoms with Crippen molar-refractivity contribution in [3.8, 4) is 0 Å². The van der Waals surface area contributed by atoms with Gasteiger partial charge in [0.2, 0.25) is 5.91 Å². The Kier molecular flexibility index (Phi) is 8.31. The van der Waals surface area contributed by atoms with Crippen molar-refractivity contribution in [1.82, 2.24) is 5.32 Å². The van der Waals surface area contributed by atoms with Gasteiger partial charge >= 0.3 is 0 Å². The van der Waals surface area contributed by atoms with Crippen LogP contribution in [0.4, 0.5) is 0 Å². The number of rotatable bonds is 9. The summed E-state index contributed by atoms with van der Waals surface area (Å²) in [6.07, 6.45) is 11.2. The molecule has 1 aliphatic rings. The zero-order valence-corrected chi connectivity index (χ0v) is 14.4. The van der Waals surface area contributed by atoms with E-state index in [-0.39, 0.29) is 5.91 Å². The fourth-order valence-corrected chi connectivity index (χ4v) is 3.39. The van der Waals surface area contributed by atoms with Crippen molar-refractivity contribution >= 4 is 5.91 Å². The third kappa shape index (κ3) is 6.82. The van der Waals surface area contributed by atoms with Crippen LogP contribution in [0.1, 0.15) is 85.0 Å². The first-order valence-electron chi connectivity index (χ1n) is 8.99. The summed E-state index contributed by atoms with van der Waals surface area (Å²) in [5.74, 6) is 1.08. The minimum Gasteiger partial charge on any atom is -0.353 e. The largest absolute Gasteiger partial charge is 0.353 e. The summed E-state index contributed by atoms with van der Waals surface area (Å²) in [5, 5.41) is 3.24. The average Bonchev–Trinajstić information content (AvgIpc) is 2.47.